The molecule has 1 aromatic heterocycles. The summed E-state index contributed by atoms with van der Waals surface area (Å²) in [7, 11) is 3.56. The van der Waals surface area contributed by atoms with E-state index in [9.17, 15) is 0 Å². The molecule has 0 fully saturated rings. The fraction of sp³-hybridized carbons (Fsp3) is 0.700. The minimum Gasteiger partial charge on any atom is -0.464 e. The van der Waals surface area contributed by atoms with Crippen LogP contribution < -0.4 is 9.64 Å². The Balaban J connectivity index is 2.67. The summed E-state index contributed by atoms with van der Waals surface area (Å²) in [5.74, 6) is 0.504. The Morgan fingerprint density at radius 2 is 2.06 bits per heavy atom. The Morgan fingerprint density at radius 1 is 1.29 bits per heavy atom. The number of halogens is 1. The van der Waals surface area contributed by atoms with E-state index in [-0.39, 0.29) is 11.3 Å². The number of ether oxygens (including phenoxy) is 2. The zero-order valence-corrected chi connectivity index (χ0v) is 11.1. The van der Waals surface area contributed by atoms with Crippen molar-refractivity contribution in [2.45, 2.75) is 13.3 Å². The van der Waals surface area contributed by atoms with Crippen LogP contribution >= 0.6 is 11.6 Å². The van der Waals surface area contributed by atoms with Gasteiger partial charge in [-0.15, -0.1) is 0 Å². The van der Waals surface area contributed by atoms with Crippen LogP contribution in [0.2, 0.25) is 5.28 Å². The SMILES string of the molecule is CCOc1nc(Cl)nc(N(C)CCCOC)n1. The van der Waals surface area contributed by atoms with Crippen molar-refractivity contribution in [1.29, 1.82) is 0 Å². The summed E-state index contributed by atoms with van der Waals surface area (Å²) < 4.78 is 10.2. The molecule has 0 aromatic carbocycles. The molecule has 6 nitrogen and oxygen atoms in total. The van der Waals surface area contributed by atoms with Crippen molar-refractivity contribution < 1.29 is 9.47 Å². The molecule has 0 amide bonds. The molecule has 1 rings (SSSR count). The van der Waals surface area contributed by atoms with Gasteiger partial charge in [0.25, 0.3) is 0 Å². The fourth-order valence-corrected chi connectivity index (χ4v) is 1.38. The molecule has 0 aliphatic heterocycles. The van der Waals surface area contributed by atoms with Gasteiger partial charge in [-0.25, -0.2) is 0 Å². The number of hydrogen-bond acceptors (Lipinski definition) is 6. The van der Waals surface area contributed by atoms with E-state index in [1.807, 2.05) is 18.9 Å². The van der Waals surface area contributed by atoms with Crippen LogP contribution in [-0.4, -0.2) is 48.9 Å². The van der Waals surface area contributed by atoms with Gasteiger partial charge in [0.15, 0.2) is 0 Å². The van der Waals surface area contributed by atoms with Gasteiger partial charge < -0.3 is 14.4 Å². The van der Waals surface area contributed by atoms with E-state index in [2.05, 4.69) is 15.0 Å². The molecule has 0 saturated carbocycles. The zero-order chi connectivity index (χ0) is 12.7. The van der Waals surface area contributed by atoms with Crippen LogP contribution in [-0.2, 0) is 4.74 Å². The molecule has 1 heterocycles. The van der Waals surface area contributed by atoms with Gasteiger partial charge in [-0.05, 0) is 24.9 Å². The number of methoxy groups -OCH3 is 1. The van der Waals surface area contributed by atoms with Crippen LogP contribution in [0.3, 0.4) is 0 Å². The lowest BCUT2D eigenvalue weighted by atomic mass is 10.4. The Morgan fingerprint density at radius 3 is 2.71 bits per heavy atom. The summed E-state index contributed by atoms with van der Waals surface area (Å²) in [5, 5.41) is 0.136. The smallest absolute Gasteiger partial charge is 0.322 e. The van der Waals surface area contributed by atoms with E-state index in [1.54, 1.807) is 7.11 Å². The second-order valence-corrected chi connectivity index (χ2v) is 3.73. The van der Waals surface area contributed by atoms with Gasteiger partial charge in [0.1, 0.15) is 0 Å². The summed E-state index contributed by atoms with van der Waals surface area (Å²) >= 11 is 5.80. The quantitative estimate of drug-likeness (QED) is 0.691. The molecule has 0 spiro atoms. The molecule has 1 aromatic rings. The van der Waals surface area contributed by atoms with Gasteiger partial charge in [0.2, 0.25) is 11.2 Å². The maximum atomic E-state index is 5.80. The number of nitrogens with zero attached hydrogens (tertiary/aromatic N) is 4. The van der Waals surface area contributed by atoms with E-state index < -0.39 is 0 Å². The summed E-state index contributed by atoms with van der Waals surface area (Å²) in [6, 6.07) is 0.251. The van der Waals surface area contributed by atoms with Crippen molar-refractivity contribution in [2.75, 3.05) is 38.8 Å². The Labute approximate surface area is 106 Å². The van der Waals surface area contributed by atoms with Crippen LogP contribution in [0, 0.1) is 0 Å². The molecule has 0 saturated heterocycles. The van der Waals surface area contributed by atoms with Gasteiger partial charge >= 0.3 is 6.01 Å². The zero-order valence-electron chi connectivity index (χ0n) is 10.3. The molecule has 0 aliphatic carbocycles. The lowest BCUT2D eigenvalue weighted by molar-refractivity contribution is 0.196. The minimum absolute atomic E-state index is 0.136. The lowest BCUT2D eigenvalue weighted by Gasteiger charge is -2.16. The molecule has 0 atom stereocenters. The number of hydrogen-bond donors (Lipinski definition) is 0. The summed E-state index contributed by atoms with van der Waals surface area (Å²) in [6.45, 7) is 3.83. The third-order valence-electron chi connectivity index (χ3n) is 2.03. The van der Waals surface area contributed by atoms with Gasteiger partial charge in [0.05, 0.1) is 6.61 Å². The highest BCUT2D eigenvalue weighted by atomic mass is 35.5. The van der Waals surface area contributed by atoms with E-state index in [4.69, 9.17) is 21.1 Å². The van der Waals surface area contributed by atoms with E-state index >= 15 is 0 Å². The first-order valence-electron chi connectivity index (χ1n) is 5.41. The number of anilines is 1. The number of rotatable bonds is 7. The van der Waals surface area contributed by atoms with E-state index in [0.717, 1.165) is 13.0 Å². The molecule has 17 heavy (non-hydrogen) atoms. The van der Waals surface area contributed by atoms with Gasteiger partial charge in [0, 0.05) is 27.3 Å². The molecule has 0 radical (unpaired) electrons. The highest BCUT2D eigenvalue weighted by Crippen LogP contribution is 2.14. The van der Waals surface area contributed by atoms with E-state index in [1.165, 1.54) is 0 Å². The second kappa shape index (κ2) is 7.24. The van der Waals surface area contributed by atoms with Crippen LogP contribution in [0.4, 0.5) is 5.95 Å². The van der Waals surface area contributed by atoms with Crippen LogP contribution in [0.25, 0.3) is 0 Å². The molecule has 0 aliphatic rings. The molecule has 0 unspecified atom stereocenters. The fourth-order valence-electron chi connectivity index (χ4n) is 1.23. The van der Waals surface area contributed by atoms with Gasteiger partial charge in [-0.1, -0.05) is 0 Å². The first kappa shape index (κ1) is 13.9. The predicted molar refractivity (Wildman–Crippen MR) is 65.8 cm³/mol. The largest absolute Gasteiger partial charge is 0.464 e. The monoisotopic (exact) mass is 260 g/mol. The van der Waals surface area contributed by atoms with Crippen LogP contribution in [0.1, 0.15) is 13.3 Å². The van der Waals surface area contributed by atoms with Crippen LogP contribution in [0.5, 0.6) is 6.01 Å². The van der Waals surface area contributed by atoms with Crippen molar-refractivity contribution in [1.82, 2.24) is 15.0 Å². The summed E-state index contributed by atoms with van der Waals surface area (Å²) in [5.41, 5.74) is 0. The topological polar surface area (TPSA) is 60.4 Å². The Hall–Kier alpha value is -1.14. The third kappa shape index (κ3) is 4.70. The molecule has 96 valence electrons. The Kier molecular flexibility index (Phi) is 5.93. The normalized spacial score (nSPS) is 10.4. The second-order valence-electron chi connectivity index (χ2n) is 3.39. The molecular weight excluding hydrogens is 244 g/mol. The number of aromatic nitrogens is 3. The van der Waals surface area contributed by atoms with Crippen molar-refractivity contribution in [2.24, 2.45) is 0 Å². The maximum Gasteiger partial charge on any atom is 0.322 e. The first-order valence-corrected chi connectivity index (χ1v) is 5.79. The third-order valence-corrected chi connectivity index (χ3v) is 2.20. The average molecular weight is 261 g/mol. The van der Waals surface area contributed by atoms with Crippen molar-refractivity contribution >= 4 is 17.5 Å². The first-order chi connectivity index (χ1) is 8.17. The lowest BCUT2D eigenvalue weighted by Crippen LogP contribution is -2.22. The molecule has 0 N–H and O–H groups in total. The summed E-state index contributed by atoms with van der Waals surface area (Å²) in [4.78, 5) is 14.0. The van der Waals surface area contributed by atoms with Gasteiger partial charge in [-0.2, -0.15) is 15.0 Å². The van der Waals surface area contributed by atoms with Crippen molar-refractivity contribution in [3.05, 3.63) is 5.28 Å². The standard InChI is InChI=1S/C10H17ClN4O2/c1-4-17-10-13-8(11)12-9(14-10)15(2)6-5-7-16-3/h4-7H2,1-3H3. The molecule has 7 heteroatoms. The maximum absolute atomic E-state index is 5.80. The Bertz CT molecular complexity index is 351. The minimum atomic E-state index is 0.136. The van der Waals surface area contributed by atoms with Crippen molar-refractivity contribution in [3.63, 3.8) is 0 Å². The predicted octanol–water partition coefficient (Wildman–Crippen LogP) is 1.40. The highest BCUT2D eigenvalue weighted by molar-refractivity contribution is 6.28. The molecular formula is C10H17ClN4O2. The van der Waals surface area contributed by atoms with Gasteiger partial charge in [-0.3, -0.25) is 0 Å². The average Bonchev–Trinajstić information content (AvgIpc) is 2.29. The highest BCUT2D eigenvalue weighted by Gasteiger charge is 2.09. The summed E-state index contributed by atoms with van der Waals surface area (Å²) in [6.07, 6.45) is 0.889. The van der Waals surface area contributed by atoms with Crippen molar-refractivity contribution in [3.8, 4) is 6.01 Å². The molecule has 0 bridgehead atoms. The van der Waals surface area contributed by atoms with Crippen LogP contribution in [0.15, 0.2) is 0 Å². The van der Waals surface area contributed by atoms with E-state index in [0.29, 0.717) is 19.2 Å².